The summed E-state index contributed by atoms with van der Waals surface area (Å²) < 4.78 is 0. The number of nitrogens with one attached hydrogen (secondary N) is 1. The molecule has 0 atom stereocenters. The summed E-state index contributed by atoms with van der Waals surface area (Å²) >= 11 is 0. The molecule has 0 aliphatic carbocycles. The molecular weight excluding hydrogens is 146 g/mol. The second-order valence-electron chi connectivity index (χ2n) is 2.13. The van der Waals surface area contributed by atoms with Gasteiger partial charge in [-0.25, -0.2) is 4.79 Å². The van der Waals surface area contributed by atoms with Gasteiger partial charge < -0.3 is 10.1 Å². The highest BCUT2D eigenvalue weighted by molar-refractivity contribution is 6.03. The third-order valence-electron chi connectivity index (χ3n) is 1.34. The minimum Gasteiger partial charge on any atom is -0.477 e. The van der Waals surface area contributed by atoms with Crippen molar-refractivity contribution in [2.24, 2.45) is 0 Å². The molecule has 0 fully saturated rings. The Hall–Kier alpha value is -1.58. The molecule has 1 aromatic rings. The van der Waals surface area contributed by atoms with Crippen LogP contribution in [0, 0.1) is 0 Å². The first-order chi connectivity index (χ1) is 5.13. The second-order valence-corrected chi connectivity index (χ2v) is 2.13. The quantitative estimate of drug-likeness (QED) is 0.620. The number of aromatic nitrogens is 1. The number of carbonyl (C=O) groups excluding carboxylic acids is 1. The van der Waals surface area contributed by atoms with Gasteiger partial charge in [0.25, 0.3) is 0 Å². The molecule has 0 saturated heterocycles. The van der Waals surface area contributed by atoms with Gasteiger partial charge in [0.15, 0.2) is 5.78 Å². The zero-order valence-electron chi connectivity index (χ0n) is 5.92. The Kier molecular flexibility index (Phi) is 1.76. The van der Waals surface area contributed by atoms with Crippen molar-refractivity contribution < 1.29 is 14.7 Å². The topological polar surface area (TPSA) is 70.2 Å². The molecule has 11 heavy (non-hydrogen) atoms. The fourth-order valence-electron chi connectivity index (χ4n) is 0.840. The summed E-state index contributed by atoms with van der Waals surface area (Å²) in [4.78, 5) is 23.6. The lowest BCUT2D eigenvalue weighted by atomic mass is 10.2. The van der Waals surface area contributed by atoms with Crippen molar-refractivity contribution in [3.63, 3.8) is 0 Å². The largest absolute Gasteiger partial charge is 0.477 e. The monoisotopic (exact) mass is 153 g/mol. The van der Waals surface area contributed by atoms with Gasteiger partial charge in [-0.15, -0.1) is 0 Å². The molecular formula is C7H7NO3. The number of ketones is 1. The van der Waals surface area contributed by atoms with Crippen molar-refractivity contribution >= 4 is 11.8 Å². The zero-order valence-corrected chi connectivity index (χ0v) is 5.92. The normalized spacial score (nSPS) is 9.55. The minimum atomic E-state index is -1.11. The SMILES string of the molecule is CC(=O)c1cc[nH]c1C(=O)O. The number of H-pyrrole nitrogens is 1. The van der Waals surface area contributed by atoms with Crippen molar-refractivity contribution in [2.45, 2.75) is 6.92 Å². The molecule has 4 heteroatoms. The van der Waals surface area contributed by atoms with Gasteiger partial charge in [-0.1, -0.05) is 0 Å². The summed E-state index contributed by atoms with van der Waals surface area (Å²) in [5.41, 5.74) is 0.176. The summed E-state index contributed by atoms with van der Waals surface area (Å²) in [6, 6.07) is 1.45. The van der Waals surface area contributed by atoms with E-state index in [2.05, 4.69) is 4.98 Å². The molecule has 4 nitrogen and oxygen atoms in total. The smallest absolute Gasteiger partial charge is 0.353 e. The van der Waals surface area contributed by atoms with E-state index in [1.54, 1.807) is 0 Å². The van der Waals surface area contributed by atoms with Gasteiger partial charge in [-0.3, -0.25) is 4.79 Å². The Morgan fingerprint density at radius 3 is 2.55 bits per heavy atom. The molecule has 1 rings (SSSR count). The predicted octanol–water partition coefficient (Wildman–Crippen LogP) is 0.915. The van der Waals surface area contributed by atoms with Crippen molar-refractivity contribution in [2.75, 3.05) is 0 Å². The highest BCUT2D eigenvalue weighted by Gasteiger charge is 2.13. The van der Waals surface area contributed by atoms with E-state index in [9.17, 15) is 9.59 Å². The molecule has 0 aromatic carbocycles. The molecule has 0 aliphatic rings. The van der Waals surface area contributed by atoms with Crippen LogP contribution in [0.1, 0.15) is 27.8 Å². The number of carboxylic acids is 1. The van der Waals surface area contributed by atoms with Gasteiger partial charge in [0.05, 0.1) is 0 Å². The van der Waals surface area contributed by atoms with Gasteiger partial charge in [-0.2, -0.15) is 0 Å². The van der Waals surface area contributed by atoms with Gasteiger partial charge in [0.1, 0.15) is 5.69 Å². The van der Waals surface area contributed by atoms with Crippen molar-refractivity contribution in [1.29, 1.82) is 0 Å². The number of hydrogen-bond acceptors (Lipinski definition) is 2. The van der Waals surface area contributed by atoms with Crippen LogP contribution in [0.15, 0.2) is 12.3 Å². The van der Waals surface area contributed by atoms with Crippen LogP contribution in [0.2, 0.25) is 0 Å². The maximum Gasteiger partial charge on any atom is 0.353 e. The van der Waals surface area contributed by atoms with E-state index < -0.39 is 5.97 Å². The number of aromatic carboxylic acids is 1. The maximum absolute atomic E-state index is 10.7. The number of carbonyl (C=O) groups is 2. The first-order valence-electron chi connectivity index (χ1n) is 3.04. The Morgan fingerprint density at radius 1 is 1.55 bits per heavy atom. The van der Waals surface area contributed by atoms with Crippen LogP contribution >= 0.6 is 0 Å². The van der Waals surface area contributed by atoms with Crippen LogP contribution < -0.4 is 0 Å². The Balaban J connectivity index is 3.16. The molecule has 2 N–H and O–H groups in total. The lowest BCUT2D eigenvalue weighted by Crippen LogP contribution is -2.03. The first-order valence-corrected chi connectivity index (χ1v) is 3.04. The van der Waals surface area contributed by atoms with Crippen LogP contribution in [0.25, 0.3) is 0 Å². The van der Waals surface area contributed by atoms with Crippen LogP contribution in [-0.2, 0) is 0 Å². The minimum absolute atomic E-state index is 0.0440. The summed E-state index contributed by atoms with van der Waals surface area (Å²) in [6.45, 7) is 1.33. The third-order valence-corrected chi connectivity index (χ3v) is 1.34. The van der Waals surface area contributed by atoms with Crippen LogP contribution in [0.4, 0.5) is 0 Å². The van der Waals surface area contributed by atoms with E-state index in [0.717, 1.165) is 0 Å². The molecule has 0 amide bonds. The van der Waals surface area contributed by atoms with Crippen LogP contribution in [-0.4, -0.2) is 21.8 Å². The molecule has 0 aliphatic heterocycles. The second kappa shape index (κ2) is 2.57. The molecule has 0 unspecified atom stereocenters. The molecule has 1 heterocycles. The first kappa shape index (κ1) is 7.53. The van der Waals surface area contributed by atoms with E-state index in [0.29, 0.717) is 0 Å². The predicted molar refractivity (Wildman–Crippen MR) is 37.8 cm³/mol. The summed E-state index contributed by atoms with van der Waals surface area (Å²) in [6.07, 6.45) is 1.43. The van der Waals surface area contributed by atoms with Gasteiger partial charge in [0, 0.05) is 11.8 Å². The number of hydrogen-bond donors (Lipinski definition) is 2. The van der Waals surface area contributed by atoms with E-state index in [1.807, 2.05) is 0 Å². The lowest BCUT2D eigenvalue weighted by Gasteiger charge is -1.91. The average Bonchev–Trinajstić information content (AvgIpc) is 2.32. The standard InChI is InChI=1S/C7H7NO3/c1-4(9)5-2-3-8-6(5)7(10)11/h2-3,8H,1H3,(H,10,11). The fourth-order valence-corrected chi connectivity index (χ4v) is 0.840. The molecule has 1 aromatic heterocycles. The maximum atomic E-state index is 10.7. The van der Waals surface area contributed by atoms with E-state index in [1.165, 1.54) is 19.2 Å². The summed E-state index contributed by atoms with van der Waals surface area (Å²) in [7, 11) is 0. The van der Waals surface area contributed by atoms with Crippen molar-refractivity contribution in [3.05, 3.63) is 23.5 Å². The number of Topliss-reactive ketones (excluding diaryl/α,β-unsaturated/α-hetero) is 1. The van der Waals surface area contributed by atoms with E-state index >= 15 is 0 Å². The van der Waals surface area contributed by atoms with Gasteiger partial charge in [0.2, 0.25) is 0 Å². The Morgan fingerprint density at radius 2 is 2.18 bits per heavy atom. The van der Waals surface area contributed by atoms with Crippen molar-refractivity contribution in [1.82, 2.24) is 4.98 Å². The van der Waals surface area contributed by atoms with Crippen LogP contribution in [0.5, 0.6) is 0 Å². The Labute approximate surface area is 62.9 Å². The summed E-state index contributed by atoms with van der Waals surface area (Å²) in [5, 5.41) is 8.52. The molecule has 0 saturated carbocycles. The average molecular weight is 153 g/mol. The van der Waals surface area contributed by atoms with E-state index in [-0.39, 0.29) is 17.0 Å². The highest BCUT2D eigenvalue weighted by Crippen LogP contribution is 2.06. The molecule has 58 valence electrons. The number of aromatic amines is 1. The van der Waals surface area contributed by atoms with Crippen LogP contribution in [0.3, 0.4) is 0 Å². The number of carboxylic acid groups (broad SMARTS) is 1. The van der Waals surface area contributed by atoms with E-state index in [4.69, 9.17) is 5.11 Å². The van der Waals surface area contributed by atoms with Gasteiger partial charge in [-0.05, 0) is 13.0 Å². The summed E-state index contributed by atoms with van der Waals surface area (Å²) in [5.74, 6) is -1.36. The molecule has 0 bridgehead atoms. The van der Waals surface area contributed by atoms with Gasteiger partial charge >= 0.3 is 5.97 Å². The molecule has 0 spiro atoms. The highest BCUT2D eigenvalue weighted by atomic mass is 16.4. The lowest BCUT2D eigenvalue weighted by molar-refractivity contribution is 0.0686. The van der Waals surface area contributed by atoms with Crippen molar-refractivity contribution in [3.8, 4) is 0 Å². The zero-order chi connectivity index (χ0) is 8.43. The fraction of sp³-hybridized carbons (Fsp3) is 0.143. The number of rotatable bonds is 2. The molecule has 0 radical (unpaired) electrons. The third kappa shape index (κ3) is 1.29. The Bertz CT molecular complexity index is 272.